The summed E-state index contributed by atoms with van der Waals surface area (Å²) < 4.78 is 5.95. The van der Waals surface area contributed by atoms with Gasteiger partial charge in [-0.1, -0.05) is 42.5 Å². The summed E-state index contributed by atoms with van der Waals surface area (Å²) in [6.07, 6.45) is 2.79. The zero-order valence-electron chi connectivity index (χ0n) is 13.1. The number of benzene rings is 2. The van der Waals surface area contributed by atoms with Crippen LogP contribution in [0, 0.1) is 0 Å². The lowest BCUT2D eigenvalue weighted by Crippen LogP contribution is -2.30. The summed E-state index contributed by atoms with van der Waals surface area (Å²) in [5.74, 6) is 0.903. The van der Waals surface area contributed by atoms with Crippen LogP contribution in [0.2, 0.25) is 0 Å². The van der Waals surface area contributed by atoms with Crippen LogP contribution in [-0.4, -0.2) is 16.5 Å². The molecule has 5 rings (SSSR count). The Hall–Kier alpha value is -2.85. The van der Waals surface area contributed by atoms with Gasteiger partial charge in [-0.05, 0) is 17.7 Å². The minimum atomic E-state index is 0.157. The topological polar surface area (TPSA) is 53.9 Å². The standard InChI is InChI=1S/C20H17N3O/c1-2-4-17-15(3-1)11-18(24-17)13-5-7-14(8-6-13)19-20-16(9-10-21-19)22-12-23-20/h1-8,11-12,19,21H,9-10H2,(H,22,23)/t19-/m1/s1. The maximum Gasteiger partial charge on any atom is 0.135 e. The van der Waals surface area contributed by atoms with E-state index in [1.807, 2.05) is 18.2 Å². The van der Waals surface area contributed by atoms with E-state index in [0.29, 0.717) is 0 Å². The lowest BCUT2D eigenvalue weighted by molar-refractivity contribution is 0.553. The summed E-state index contributed by atoms with van der Waals surface area (Å²) in [4.78, 5) is 7.73. The smallest absolute Gasteiger partial charge is 0.135 e. The van der Waals surface area contributed by atoms with Crippen LogP contribution in [0.3, 0.4) is 0 Å². The summed E-state index contributed by atoms with van der Waals surface area (Å²) in [6, 6.07) is 18.9. The predicted molar refractivity (Wildman–Crippen MR) is 93.8 cm³/mol. The van der Waals surface area contributed by atoms with Crippen molar-refractivity contribution >= 4 is 11.0 Å². The van der Waals surface area contributed by atoms with Crippen LogP contribution in [0.4, 0.5) is 0 Å². The van der Waals surface area contributed by atoms with Crippen molar-refractivity contribution in [1.29, 1.82) is 0 Å². The first-order valence-corrected chi connectivity index (χ1v) is 8.23. The third-order valence-electron chi connectivity index (χ3n) is 4.70. The summed E-state index contributed by atoms with van der Waals surface area (Å²) in [5.41, 5.74) is 5.58. The molecule has 0 saturated carbocycles. The minimum Gasteiger partial charge on any atom is -0.456 e. The molecule has 1 aliphatic heterocycles. The molecule has 0 radical (unpaired) electrons. The van der Waals surface area contributed by atoms with E-state index in [9.17, 15) is 0 Å². The van der Waals surface area contributed by atoms with Gasteiger partial charge in [0.1, 0.15) is 11.3 Å². The molecule has 118 valence electrons. The molecule has 2 aromatic heterocycles. The van der Waals surface area contributed by atoms with Crippen molar-refractivity contribution in [3.05, 3.63) is 77.9 Å². The highest BCUT2D eigenvalue weighted by Crippen LogP contribution is 2.31. The number of hydrogen-bond donors (Lipinski definition) is 2. The van der Waals surface area contributed by atoms with Gasteiger partial charge in [-0.15, -0.1) is 0 Å². The maximum absolute atomic E-state index is 5.95. The minimum absolute atomic E-state index is 0.157. The summed E-state index contributed by atoms with van der Waals surface area (Å²) in [5, 5.41) is 4.68. The molecule has 4 heteroatoms. The zero-order chi connectivity index (χ0) is 15.9. The fourth-order valence-corrected chi connectivity index (χ4v) is 3.46. The van der Waals surface area contributed by atoms with E-state index in [4.69, 9.17) is 4.42 Å². The van der Waals surface area contributed by atoms with Gasteiger partial charge in [-0.2, -0.15) is 0 Å². The van der Waals surface area contributed by atoms with Crippen LogP contribution >= 0.6 is 0 Å². The molecule has 24 heavy (non-hydrogen) atoms. The maximum atomic E-state index is 5.95. The van der Waals surface area contributed by atoms with Crippen LogP contribution < -0.4 is 5.32 Å². The quantitative estimate of drug-likeness (QED) is 0.586. The molecule has 1 aliphatic rings. The number of rotatable bonds is 2. The molecule has 2 aromatic carbocycles. The number of hydrogen-bond acceptors (Lipinski definition) is 3. The molecular weight excluding hydrogens is 298 g/mol. The van der Waals surface area contributed by atoms with Crippen molar-refractivity contribution in [3.63, 3.8) is 0 Å². The number of aromatic nitrogens is 2. The van der Waals surface area contributed by atoms with Crippen LogP contribution in [0.1, 0.15) is 23.0 Å². The van der Waals surface area contributed by atoms with Gasteiger partial charge in [0.05, 0.1) is 18.1 Å². The molecular formula is C20H17N3O. The van der Waals surface area contributed by atoms with Gasteiger partial charge < -0.3 is 14.7 Å². The van der Waals surface area contributed by atoms with Crippen molar-refractivity contribution in [3.8, 4) is 11.3 Å². The van der Waals surface area contributed by atoms with Crippen molar-refractivity contribution < 1.29 is 4.42 Å². The SMILES string of the molecule is c1ccc2oc(-c3ccc([C@H]4NCCc5[nH]cnc54)cc3)cc2c1. The van der Waals surface area contributed by atoms with Crippen LogP contribution in [0.15, 0.2) is 65.3 Å². The summed E-state index contributed by atoms with van der Waals surface area (Å²) >= 11 is 0. The number of para-hydroxylation sites is 1. The van der Waals surface area contributed by atoms with E-state index in [1.54, 1.807) is 6.33 Å². The lowest BCUT2D eigenvalue weighted by atomic mass is 9.97. The van der Waals surface area contributed by atoms with E-state index in [0.717, 1.165) is 41.0 Å². The fraction of sp³-hybridized carbons (Fsp3) is 0.150. The molecule has 3 heterocycles. The van der Waals surface area contributed by atoms with Gasteiger partial charge in [0.25, 0.3) is 0 Å². The normalized spacial score (nSPS) is 17.1. The number of fused-ring (bicyclic) bond motifs is 2. The van der Waals surface area contributed by atoms with Crippen LogP contribution in [0.25, 0.3) is 22.3 Å². The second-order valence-electron chi connectivity index (χ2n) is 6.17. The van der Waals surface area contributed by atoms with Gasteiger partial charge in [0, 0.05) is 29.6 Å². The second kappa shape index (κ2) is 5.35. The van der Waals surface area contributed by atoms with E-state index >= 15 is 0 Å². The fourth-order valence-electron chi connectivity index (χ4n) is 3.46. The van der Waals surface area contributed by atoms with Crippen molar-refractivity contribution in [2.75, 3.05) is 6.54 Å². The molecule has 0 amide bonds. The number of H-pyrrole nitrogens is 1. The Morgan fingerprint density at radius 2 is 1.92 bits per heavy atom. The molecule has 2 N–H and O–H groups in total. The van der Waals surface area contributed by atoms with Gasteiger partial charge >= 0.3 is 0 Å². The van der Waals surface area contributed by atoms with E-state index < -0.39 is 0 Å². The molecule has 4 nitrogen and oxygen atoms in total. The third kappa shape index (κ3) is 2.15. The van der Waals surface area contributed by atoms with Crippen molar-refractivity contribution in [2.45, 2.75) is 12.5 Å². The van der Waals surface area contributed by atoms with Crippen LogP contribution in [0.5, 0.6) is 0 Å². The monoisotopic (exact) mass is 315 g/mol. The highest BCUT2D eigenvalue weighted by molar-refractivity contribution is 5.82. The Labute approximate surface area is 139 Å². The van der Waals surface area contributed by atoms with Gasteiger partial charge in [-0.25, -0.2) is 4.98 Å². The second-order valence-corrected chi connectivity index (χ2v) is 6.17. The highest BCUT2D eigenvalue weighted by atomic mass is 16.3. The Bertz CT molecular complexity index is 964. The largest absolute Gasteiger partial charge is 0.456 e. The summed E-state index contributed by atoms with van der Waals surface area (Å²) in [7, 11) is 0. The van der Waals surface area contributed by atoms with Crippen LogP contribution in [-0.2, 0) is 6.42 Å². The Kier molecular flexibility index (Phi) is 3.03. The molecule has 0 bridgehead atoms. The molecule has 4 aromatic rings. The van der Waals surface area contributed by atoms with Gasteiger partial charge in [-0.3, -0.25) is 0 Å². The van der Waals surface area contributed by atoms with E-state index in [-0.39, 0.29) is 6.04 Å². The summed E-state index contributed by atoms with van der Waals surface area (Å²) in [6.45, 7) is 0.963. The first kappa shape index (κ1) is 13.6. The number of aromatic amines is 1. The molecule has 1 atom stereocenters. The molecule has 0 spiro atoms. The first-order chi connectivity index (χ1) is 11.9. The van der Waals surface area contributed by atoms with E-state index in [1.165, 1.54) is 11.3 Å². The Morgan fingerprint density at radius 1 is 1.04 bits per heavy atom. The molecule has 0 unspecified atom stereocenters. The Morgan fingerprint density at radius 3 is 2.79 bits per heavy atom. The number of nitrogens with zero attached hydrogens (tertiary/aromatic N) is 1. The first-order valence-electron chi connectivity index (χ1n) is 8.23. The van der Waals surface area contributed by atoms with Gasteiger partial charge in [0.15, 0.2) is 0 Å². The zero-order valence-corrected chi connectivity index (χ0v) is 13.1. The number of nitrogens with one attached hydrogen (secondary N) is 2. The highest BCUT2D eigenvalue weighted by Gasteiger charge is 2.23. The molecule has 0 aliphatic carbocycles. The van der Waals surface area contributed by atoms with E-state index in [2.05, 4.69) is 51.7 Å². The average molecular weight is 315 g/mol. The third-order valence-corrected chi connectivity index (χ3v) is 4.70. The average Bonchev–Trinajstić information content (AvgIpc) is 3.28. The van der Waals surface area contributed by atoms with Crippen molar-refractivity contribution in [2.24, 2.45) is 0 Å². The molecule has 0 saturated heterocycles. The van der Waals surface area contributed by atoms with Crippen molar-refractivity contribution in [1.82, 2.24) is 15.3 Å². The molecule has 0 fully saturated rings. The van der Waals surface area contributed by atoms with Gasteiger partial charge in [0.2, 0.25) is 0 Å². The lowest BCUT2D eigenvalue weighted by Gasteiger charge is -2.23. The predicted octanol–water partition coefficient (Wildman–Crippen LogP) is 4.06. The Balaban J connectivity index is 1.50. The number of imidazole rings is 1. The number of furan rings is 1.